The van der Waals surface area contributed by atoms with E-state index in [1.165, 1.54) is 23.8 Å². The molecule has 0 bridgehead atoms. The fourth-order valence-corrected chi connectivity index (χ4v) is 3.49. The summed E-state index contributed by atoms with van der Waals surface area (Å²) >= 11 is 0. The van der Waals surface area contributed by atoms with Gasteiger partial charge in [-0.15, -0.1) is 6.58 Å². The molecule has 0 spiro atoms. The summed E-state index contributed by atoms with van der Waals surface area (Å²) in [6.45, 7) is 12.3. The lowest BCUT2D eigenvalue weighted by Gasteiger charge is -2.27. The summed E-state index contributed by atoms with van der Waals surface area (Å²) in [4.78, 5) is 2.27. The molecule has 0 rings (SSSR count). The second-order valence-corrected chi connectivity index (χ2v) is 9.43. The summed E-state index contributed by atoms with van der Waals surface area (Å²) < 4.78 is 0. The van der Waals surface area contributed by atoms with Gasteiger partial charge in [-0.05, 0) is 33.6 Å². The molecule has 0 heterocycles. The number of hydrogen-bond donors (Lipinski definition) is 0. The number of nitrogens with zero attached hydrogens (tertiary/aromatic N) is 1. The van der Waals surface area contributed by atoms with Crippen LogP contribution in [0.15, 0.2) is 11.8 Å². The predicted molar refractivity (Wildman–Crippen MR) is 60.3 cm³/mol. The Hall–Kier alpha value is -0.0831. The SMILES string of the molecule is C=C(C)[Si](C)(CC)CCN(C)C. The van der Waals surface area contributed by atoms with Gasteiger partial charge in [-0.2, -0.15) is 0 Å². The molecule has 0 saturated carbocycles. The topological polar surface area (TPSA) is 3.24 Å². The Morgan fingerprint density at radius 3 is 2.17 bits per heavy atom. The van der Waals surface area contributed by atoms with Gasteiger partial charge in [0.05, 0.1) is 8.07 Å². The first-order valence-electron chi connectivity index (χ1n) is 4.73. The summed E-state index contributed by atoms with van der Waals surface area (Å²) in [5.74, 6) is 0. The van der Waals surface area contributed by atoms with Gasteiger partial charge in [0.15, 0.2) is 0 Å². The zero-order chi connectivity index (χ0) is 9.78. The van der Waals surface area contributed by atoms with Crippen molar-refractivity contribution >= 4 is 8.07 Å². The highest BCUT2D eigenvalue weighted by Gasteiger charge is 2.25. The molecule has 1 unspecified atom stereocenters. The Balaban J connectivity index is 4.06. The highest BCUT2D eigenvalue weighted by atomic mass is 28.3. The maximum Gasteiger partial charge on any atom is 0.0783 e. The molecule has 0 aliphatic heterocycles. The van der Waals surface area contributed by atoms with Crippen LogP contribution in [0.25, 0.3) is 0 Å². The van der Waals surface area contributed by atoms with E-state index in [0.29, 0.717) is 0 Å². The molecule has 0 saturated heterocycles. The molecule has 0 aliphatic carbocycles. The monoisotopic (exact) mass is 185 g/mol. The van der Waals surface area contributed by atoms with E-state index in [2.05, 4.69) is 46.0 Å². The summed E-state index contributed by atoms with van der Waals surface area (Å²) in [7, 11) is 3.18. The van der Waals surface area contributed by atoms with Crippen LogP contribution >= 0.6 is 0 Å². The summed E-state index contributed by atoms with van der Waals surface area (Å²) in [5, 5.41) is 1.45. The summed E-state index contributed by atoms with van der Waals surface area (Å²) in [5.41, 5.74) is 0. The molecule has 0 fully saturated rings. The second-order valence-electron chi connectivity index (χ2n) is 4.25. The third kappa shape index (κ3) is 3.54. The highest BCUT2D eigenvalue weighted by molar-refractivity contribution is 6.85. The van der Waals surface area contributed by atoms with E-state index in [0.717, 1.165) is 0 Å². The van der Waals surface area contributed by atoms with Gasteiger partial charge in [0.25, 0.3) is 0 Å². The highest BCUT2D eigenvalue weighted by Crippen LogP contribution is 2.22. The molecule has 1 nitrogen and oxygen atoms in total. The van der Waals surface area contributed by atoms with Crippen LogP contribution in [0, 0.1) is 0 Å². The minimum absolute atomic E-state index is 1.10. The van der Waals surface area contributed by atoms with E-state index in [1.54, 1.807) is 0 Å². The van der Waals surface area contributed by atoms with Crippen molar-refractivity contribution in [1.82, 2.24) is 4.90 Å². The van der Waals surface area contributed by atoms with E-state index >= 15 is 0 Å². The van der Waals surface area contributed by atoms with Crippen molar-refractivity contribution in [2.45, 2.75) is 32.5 Å². The lowest BCUT2D eigenvalue weighted by atomic mass is 10.7. The molecular weight excluding hydrogens is 162 g/mol. The van der Waals surface area contributed by atoms with E-state index in [1.807, 2.05) is 0 Å². The second kappa shape index (κ2) is 4.82. The van der Waals surface area contributed by atoms with Crippen LogP contribution in [0.1, 0.15) is 13.8 Å². The average Bonchev–Trinajstić information content (AvgIpc) is 1.99. The van der Waals surface area contributed by atoms with E-state index in [4.69, 9.17) is 0 Å². The standard InChI is InChI=1S/C10H23NSi/c1-7-12(6,10(2)3)9-8-11(4)5/h2,7-9H2,1,3-6H3. The van der Waals surface area contributed by atoms with Gasteiger partial charge in [0, 0.05) is 0 Å². The quantitative estimate of drug-likeness (QED) is 0.595. The summed E-state index contributed by atoms with van der Waals surface area (Å²) in [6, 6.07) is 2.68. The van der Waals surface area contributed by atoms with Crippen LogP contribution in [0.5, 0.6) is 0 Å². The van der Waals surface area contributed by atoms with Crippen molar-refractivity contribution in [3.05, 3.63) is 11.8 Å². The Morgan fingerprint density at radius 1 is 1.42 bits per heavy atom. The molecular formula is C10H23NSi. The molecule has 0 aliphatic rings. The zero-order valence-electron chi connectivity index (χ0n) is 9.28. The third-order valence-electron chi connectivity index (χ3n) is 2.92. The van der Waals surface area contributed by atoms with E-state index < -0.39 is 8.07 Å². The van der Waals surface area contributed by atoms with Crippen molar-refractivity contribution in [3.63, 3.8) is 0 Å². The Bertz CT molecular complexity index is 154. The molecule has 0 amide bonds. The number of rotatable bonds is 5. The van der Waals surface area contributed by atoms with Crippen molar-refractivity contribution in [1.29, 1.82) is 0 Å². The van der Waals surface area contributed by atoms with Crippen molar-refractivity contribution in [3.8, 4) is 0 Å². The molecule has 0 aromatic rings. The van der Waals surface area contributed by atoms with Crippen LogP contribution in [0.2, 0.25) is 18.6 Å². The Kier molecular flexibility index (Phi) is 4.79. The number of hydrogen-bond acceptors (Lipinski definition) is 1. The fraction of sp³-hybridized carbons (Fsp3) is 0.800. The van der Waals surface area contributed by atoms with Gasteiger partial charge in [-0.1, -0.05) is 24.7 Å². The predicted octanol–water partition coefficient (Wildman–Crippen LogP) is 2.76. The number of allylic oxidation sites excluding steroid dienone is 1. The minimum Gasteiger partial charge on any atom is -0.310 e. The van der Waals surface area contributed by atoms with Gasteiger partial charge in [0.1, 0.15) is 0 Å². The Morgan fingerprint density at radius 2 is 1.92 bits per heavy atom. The summed E-state index contributed by atoms with van der Waals surface area (Å²) in [6.07, 6.45) is 0. The molecule has 0 radical (unpaired) electrons. The van der Waals surface area contributed by atoms with Crippen LogP contribution < -0.4 is 0 Å². The Labute approximate surface area is 78.5 Å². The maximum atomic E-state index is 4.12. The molecule has 0 N–H and O–H groups in total. The fourth-order valence-electron chi connectivity index (χ4n) is 1.16. The first-order chi connectivity index (χ1) is 5.42. The molecule has 1 atom stereocenters. The molecule has 2 heteroatoms. The normalized spacial score (nSPS) is 16.2. The van der Waals surface area contributed by atoms with Gasteiger partial charge in [-0.3, -0.25) is 0 Å². The van der Waals surface area contributed by atoms with Crippen LogP contribution in [-0.4, -0.2) is 33.6 Å². The van der Waals surface area contributed by atoms with Crippen LogP contribution in [-0.2, 0) is 0 Å². The smallest absolute Gasteiger partial charge is 0.0783 e. The lowest BCUT2D eigenvalue weighted by Crippen LogP contribution is -2.34. The van der Waals surface area contributed by atoms with Crippen molar-refractivity contribution in [2.75, 3.05) is 20.6 Å². The van der Waals surface area contributed by atoms with Gasteiger partial charge in [-0.25, -0.2) is 0 Å². The lowest BCUT2D eigenvalue weighted by molar-refractivity contribution is 0.431. The van der Waals surface area contributed by atoms with Gasteiger partial charge >= 0.3 is 0 Å². The van der Waals surface area contributed by atoms with E-state index in [-0.39, 0.29) is 0 Å². The van der Waals surface area contributed by atoms with Gasteiger partial charge < -0.3 is 4.90 Å². The minimum atomic E-state index is -1.10. The maximum absolute atomic E-state index is 4.12. The zero-order valence-corrected chi connectivity index (χ0v) is 10.3. The van der Waals surface area contributed by atoms with Crippen LogP contribution in [0.3, 0.4) is 0 Å². The van der Waals surface area contributed by atoms with Crippen molar-refractivity contribution in [2.24, 2.45) is 0 Å². The average molecular weight is 185 g/mol. The van der Waals surface area contributed by atoms with Crippen LogP contribution in [0.4, 0.5) is 0 Å². The van der Waals surface area contributed by atoms with Gasteiger partial charge in [0.2, 0.25) is 0 Å². The third-order valence-corrected chi connectivity index (χ3v) is 7.87. The molecule has 0 aromatic heterocycles. The first-order valence-corrected chi connectivity index (χ1v) is 7.64. The largest absolute Gasteiger partial charge is 0.310 e. The molecule has 12 heavy (non-hydrogen) atoms. The van der Waals surface area contributed by atoms with Crippen molar-refractivity contribution < 1.29 is 0 Å². The van der Waals surface area contributed by atoms with E-state index in [9.17, 15) is 0 Å². The molecule has 0 aromatic carbocycles. The first kappa shape index (κ1) is 11.9. The molecule has 72 valence electrons.